The summed E-state index contributed by atoms with van der Waals surface area (Å²) in [5.74, 6) is -0.163. The molecule has 124 valence electrons. The highest BCUT2D eigenvalue weighted by molar-refractivity contribution is 6.33. The Labute approximate surface area is 141 Å². The van der Waals surface area contributed by atoms with Crippen molar-refractivity contribution in [1.82, 2.24) is 15.1 Å². The average molecular weight is 335 g/mol. The summed E-state index contributed by atoms with van der Waals surface area (Å²) in [5, 5.41) is 8.06. The normalized spacial score (nSPS) is 11.5. The number of hydrogen-bond acceptors (Lipinski definition) is 3. The van der Waals surface area contributed by atoms with Crippen LogP contribution in [0.3, 0.4) is 0 Å². The molecule has 0 aliphatic heterocycles. The minimum absolute atomic E-state index is 0.163. The van der Waals surface area contributed by atoms with Crippen LogP contribution in [0.15, 0.2) is 30.5 Å². The molecule has 0 spiro atoms. The third kappa shape index (κ3) is 4.12. The zero-order chi connectivity index (χ0) is 17.0. The fourth-order valence-electron chi connectivity index (χ4n) is 2.14. The molecular formula is C17H23ClN4O. The van der Waals surface area contributed by atoms with Crippen LogP contribution < -0.4 is 11.1 Å². The Bertz CT molecular complexity index is 688. The van der Waals surface area contributed by atoms with Gasteiger partial charge in [-0.05, 0) is 39.8 Å². The van der Waals surface area contributed by atoms with Crippen molar-refractivity contribution in [3.63, 3.8) is 0 Å². The fraction of sp³-hybridized carbons (Fsp3) is 0.412. The Hall–Kier alpha value is -1.85. The van der Waals surface area contributed by atoms with Crippen LogP contribution in [-0.4, -0.2) is 28.8 Å². The number of aromatic nitrogens is 2. The van der Waals surface area contributed by atoms with Crippen LogP contribution in [0.25, 0.3) is 11.3 Å². The lowest BCUT2D eigenvalue weighted by Gasteiger charge is -2.18. The molecule has 0 fully saturated rings. The van der Waals surface area contributed by atoms with Crippen LogP contribution >= 0.6 is 11.6 Å². The van der Waals surface area contributed by atoms with E-state index in [0.29, 0.717) is 29.4 Å². The van der Waals surface area contributed by atoms with Gasteiger partial charge in [0, 0.05) is 18.3 Å². The van der Waals surface area contributed by atoms with Gasteiger partial charge in [0.15, 0.2) is 0 Å². The van der Waals surface area contributed by atoms with E-state index in [1.54, 1.807) is 16.9 Å². The van der Waals surface area contributed by atoms with E-state index in [4.69, 9.17) is 17.3 Å². The van der Waals surface area contributed by atoms with E-state index in [1.807, 2.05) is 39.0 Å². The van der Waals surface area contributed by atoms with E-state index in [-0.39, 0.29) is 11.4 Å². The lowest BCUT2D eigenvalue weighted by atomic mass is 10.1. The molecule has 0 aliphatic carbocycles. The van der Waals surface area contributed by atoms with Gasteiger partial charge in [-0.15, -0.1) is 0 Å². The number of benzene rings is 1. The maximum Gasteiger partial charge on any atom is 0.255 e. The van der Waals surface area contributed by atoms with Crippen molar-refractivity contribution in [3.05, 3.63) is 41.0 Å². The molecule has 0 bridgehead atoms. The molecule has 0 radical (unpaired) electrons. The van der Waals surface area contributed by atoms with E-state index in [9.17, 15) is 4.79 Å². The number of hydrogen-bond donors (Lipinski definition) is 2. The number of amides is 1. The van der Waals surface area contributed by atoms with Gasteiger partial charge in [0.1, 0.15) is 5.69 Å². The maximum absolute atomic E-state index is 12.5. The van der Waals surface area contributed by atoms with Crippen LogP contribution in [0.5, 0.6) is 0 Å². The number of nitrogens with zero attached hydrogens (tertiary/aromatic N) is 2. The Morgan fingerprint density at radius 2 is 2.04 bits per heavy atom. The van der Waals surface area contributed by atoms with Crippen molar-refractivity contribution in [3.8, 4) is 11.3 Å². The van der Waals surface area contributed by atoms with E-state index < -0.39 is 0 Å². The second kappa shape index (κ2) is 7.15. The lowest BCUT2D eigenvalue weighted by Crippen LogP contribution is -2.26. The molecule has 1 aromatic carbocycles. The molecule has 5 nitrogen and oxygen atoms in total. The number of nitrogens with two attached hydrogens (primary N) is 1. The van der Waals surface area contributed by atoms with Gasteiger partial charge < -0.3 is 11.1 Å². The van der Waals surface area contributed by atoms with Crippen molar-refractivity contribution in [2.75, 3.05) is 13.1 Å². The molecule has 0 saturated carbocycles. The van der Waals surface area contributed by atoms with Gasteiger partial charge >= 0.3 is 0 Å². The Morgan fingerprint density at radius 3 is 2.65 bits per heavy atom. The molecular weight excluding hydrogens is 312 g/mol. The van der Waals surface area contributed by atoms with Gasteiger partial charge in [0.05, 0.1) is 16.1 Å². The van der Waals surface area contributed by atoms with Crippen molar-refractivity contribution in [1.29, 1.82) is 0 Å². The molecule has 2 rings (SSSR count). The van der Waals surface area contributed by atoms with Gasteiger partial charge in [-0.25, -0.2) is 0 Å². The van der Waals surface area contributed by atoms with Crippen LogP contribution in [0, 0.1) is 0 Å². The molecule has 1 aromatic heterocycles. The summed E-state index contributed by atoms with van der Waals surface area (Å²) in [7, 11) is 0. The first-order chi connectivity index (χ1) is 10.8. The predicted molar refractivity (Wildman–Crippen MR) is 93.7 cm³/mol. The second-order valence-corrected chi connectivity index (χ2v) is 6.79. The topological polar surface area (TPSA) is 72.9 Å². The molecule has 2 aromatic rings. The van der Waals surface area contributed by atoms with Crippen molar-refractivity contribution in [2.24, 2.45) is 5.73 Å². The summed E-state index contributed by atoms with van der Waals surface area (Å²) in [6, 6.07) is 7.40. The molecule has 0 atom stereocenters. The summed E-state index contributed by atoms with van der Waals surface area (Å²) >= 11 is 6.29. The molecule has 0 unspecified atom stereocenters. The average Bonchev–Trinajstić information content (AvgIpc) is 2.93. The monoisotopic (exact) mass is 334 g/mol. The van der Waals surface area contributed by atoms with Gasteiger partial charge in [-0.2, -0.15) is 5.10 Å². The molecule has 3 N–H and O–H groups in total. The first kappa shape index (κ1) is 17.5. The van der Waals surface area contributed by atoms with Gasteiger partial charge in [0.2, 0.25) is 0 Å². The zero-order valence-electron chi connectivity index (χ0n) is 13.8. The van der Waals surface area contributed by atoms with Gasteiger partial charge in [-0.1, -0.05) is 29.8 Å². The number of carbonyl (C=O) groups excluding carboxylic acids is 1. The highest BCUT2D eigenvalue weighted by Gasteiger charge is 2.23. The van der Waals surface area contributed by atoms with E-state index in [1.165, 1.54) is 0 Å². The Balaban J connectivity index is 2.45. The third-order valence-corrected chi connectivity index (χ3v) is 3.77. The second-order valence-electron chi connectivity index (χ2n) is 6.38. The molecule has 0 saturated heterocycles. The quantitative estimate of drug-likeness (QED) is 0.825. The minimum Gasteiger partial charge on any atom is -0.352 e. The summed E-state index contributed by atoms with van der Waals surface area (Å²) in [5.41, 5.74) is 7.10. The molecule has 1 heterocycles. The number of rotatable bonds is 5. The van der Waals surface area contributed by atoms with Crippen LogP contribution in [0.2, 0.25) is 5.02 Å². The number of nitrogens with one attached hydrogen (secondary N) is 1. The third-order valence-electron chi connectivity index (χ3n) is 3.44. The highest BCUT2D eigenvalue weighted by Crippen LogP contribution is 2.30. The standard InChI is InChI=1S/C17H23ClN4O/c1-17(2,3)22-11-13(16(23)20-10-6-9-19)15(21-22)12-7-4-5-8-14(12)18/h4-5,7-8,11H,6,9-10,19H2,1-3H3,(H,20,23). The van der Waals surface area contributed by atoms with E-state index in [0.717, 1.165) is 12.0 Å². The van der Waals surface area contributed by atoms with Crippen LogP contribution in [0.1, 0.15) is 37.6 Å². The lowest BCUT2D eigenvalue weighted by molar-refractivity contribution is 0.0954. The Kier molecular flexibility index (Phi) is 5.44. The van der Waals surface area contributed by atoms with Crippen molar-refractivity contribution < 1.29 is 4.79 Å². The largest absolute Gasteiger partial charge is 0.352 e. The summed E-state index contributed by atoms with van der Waals surface area (Å²) in [4.78, 5) is 12.5. The molecule has 0 aliphatic rings. The molecule has 23 heavy (non-hydrogen) atoms. The van der Waals surface area contributed by atoms with E-state index in [2.05, 4.69) is 10.4 Å². The van der Waals surface area contributed by atoms with Crippen molar-refractivity contribution in [2.45, 2.75) is 32.7 Å². The number of halogens is 1. The summed E-state index contributed by atoms with van der Waals surface area (Å²) in [6.07, 6.45) is 2.51. The fourth-order valence-corrected chi connectivity index (χ4v) is 2.36. The summed E-state index contributed by atoms with van der Waals surface area (Å²) in [6.45, 7) is 7.18. The summed E-state index contributed by atoms with van der Waals surface area (Å²) < 4.78 is 1.80. The SMILES string of the molecule is CC(C)(C)n1cc(C(=O)NCCCN)c(-c2ccccc2Cl)n1. The first-order valence-electron chi connectivity index (χ1n) is 7.68. The van der Waals surface area contributed by atoms with Crippen LogP contribution in [-0.2, 0) is 5.54 Å². The molecule has 1 amide bonds. The van der Waals surface area contributed by atoms with Crippen molar-refractivity contribution >= 4 is 17.5 Å². The zero-order valence-corrected chi connectivity index (χ0v) is 14.5. The Morgan fingerprint density at radius 1 is 1.35 bits per heavy atom. The maximum atomic E-state index is 12.5. The van der Waals surface area contributed by atoms with Gasteiger partial charge in [0.25, 0.3) is 5.91 Å². The minimum atomic E-state index is -0.230. The van der Waals surface area contributed by atoms with E-state index >= 15 is 0 Å². The number of carbonyl (C=O) groups is 1. The van der Waals surface area contributed by atoms with Crippen LogP contribution in [0.4, 0.5) is 0 Å². The van der Waals surface area contributed by atoms with Gasteiger partial charge in [-0.3, -0.25) is 9.48 Å². The molecule has 6 heteroatoms. The predicted octanol–water partition coefficient (Wildman–Crippen LogP) is 3.04. The highest BCUT2D eigenvalue weighted by atomic mass is 35.5. The first-order valence-corrected chi connectivity index (χ1v) is 8.05. The smallest absolute Gasteiger partial charge is 0.255 e.